The zero-order chi connectivity index (χ0) is 12.7. The maximum absolute atomic E-state index is 4.71. The maximum Gasteiger partial charge on any atom is 0.213 e. The Kier molecular flexibility index (Phi) is 6.19. The third-order valence-electron chi connectivity index (χ3n) is 2.70. The Morgan fingerprint density at radius 1 is 1.18 bits per heavy atom. The highest BCUT2D eigenvalue weighted by molar-refractivity contribution is 4.80. The lowest BCUT2D eigenvalue weighted by molar-refractivity contribution is 0.358. The van der Waals surface area contributed by atoms with Gasteiger partial charge in [-0.25, -0.2) is 0 Å². The number of hydrogen-bond donors (Lipinski definition) is 1. The zero-order valence-electron chi connectivity index (χ0n) is 11.4. The van der Waals surface area contributed by atoms with Gasteiger partial charge < -0.3 is 9.84 Å². The van der Waals surface area contributed by atoms with Crippen LogP contribution in [-0.2, 0) is 6.42 Å². The number of aromatic nitrogens is 2. The van der Waals surface area contributed by atoms with Gasteiger partial charge in [0.1, 0.15) is 0 Å². The zero-order valence-corrected chi connectivity index (χ0v) is 11.4. The van der Waals surface area contributed by atoms with Crippen molar-refractivity contribution in [1.82, 2.24) is 15.5 Å². The predicted molar refractivity (Wildman–Crippen MR) is 68.7 cm³/mol. The molecule has 0 fully saturated rings. The van der Waals surface area contributed by atoms with Gasteiger partial charge in [0.15, 0.2) is 5.82 Å². The van der Waals surface area contributed by atoms with Crippen LogP contribution in [0.15, 0.2) is 10.9 Å². The van der Waals surface area contributed by atoms with Crippen LogP contribution in [0.25, 0.3) is 0 Å². The maximum atomic E-state index is 4.71. The van der Waals surface area contributed by atoms with Crippen LogP contribution in [0.1, 0.15) is 46.4 Å². The lowest BCUT2D eigenvalue weighted by atomic mass is 9.95. The summed E-state index contributed by atoms with van der Waals surface area (Å²) in [6.07, 6.45) is 4.67. The van der Waals surface area contributed by atoms with E-state index in [0.717, 1.165) is 30.6 Å². The topological polar surface area (TPSA) is 51.0 Å². The summed E-state index contributed by atoms with van der Waals surface area (Å²) in [5, 5.41) is 7.41. The molecule has 4 heteroatoms. The van der Waals surface area contributed by atoms with Crippen molar-refractivity contribution in [2.45, 2.75) is 53.0 Å². The third kappa shape index (κ3) is 6.41. The van der Waals surface area contributed by atoms with Gasteiger partial charge in [-0.05, 0) is 24.7 Å². The Hall–Kier alpha value is -0.900. The van der Waals surface area contributed by atoms with Crippen molar-refractivity contribution in [3.8, 4) is 0 Å². The average molecular weight is 239 g/mol. The lowest BCUT2D eigenvalue weighted by Crippen LogP contribution is -2.33. The second-order valence-corrected chi connectivity index (χ2v) is 5.51. The summed E-state index contributed by atoms with van der Waals surface area (Å²) >= 11 is 0. The highest BCUT2D eigenvalue weighted by atomic mass is 16.5. The third-order valence-corrected chi connectivity index (χ3v) is 2.70. The van der Waals surface area contributed by atoms with Gasteiger partial charge in [-0.15, -0.1) is 0 Å². The largest absolute Gasteiger partial charge is 0.343 e. The van der Waals surface area contributed by atoms with E-state index in [4.69, 9.17) is 4.52 Å². The number of nitrogens with one attached hydrogen (secondary N) is 1. The molecule has 0 saturated carbocycles. The second kappa shape index (κ2) is 7.43. The minimum absolute atomic E-state index is 0.599. The number of rotatable bonds is 8. The molecule has 98 valence electrons. The van der Waals surface area contributed by atoms with E-state index in [0.29, 0.717) is 6.04 Å². The summed E-state index contributed by atoms with van der Waals surface area (Å²) < 4.78 is 4.71. The SMILES string of the molecule is CC(C)CC(CC(C)C)NCCc1ncon1. The predicted octanol–water partition coefficient (Wildman–Crippen LogP) is 2.66. The molecule has 0 radical (unpaired) electrons. The molecule has 1 rings (SSSR count). The standard InChI is InChI=1S/C13H25N3O/c1-10(2)7-12(8-11(3)4)14-6-5-13-15-9-17-16-13/h9-12,14H,5-8H2,1-4H3. The fourth-order valence-corrected chi connectivity index (χ4v) is 2.09. The highest BCUT2D eigenvalue weighted by Gasteiger charge is 2.12. The molecule has 0 aliphatic carbocycles. The fraction of sp³-hybridized carbons (Fsp3) is 0.846. The smallest absolute Gasteiger partial charge is 0.213 e. The first-order valence-electron chi connectivity index (χ1n) is 6.56. The minimum Gasteiger partial charge on any atom is -0.343 e. The Balaban J connectivity index is 2.27. The van der Waals surface area contributed by atoms with Gasteiger partial charge in [0.05, 0.1) is 0 Å². The molecule has 0 unspecified atom stereocenters. The molecule has 17 heavy (non-hydrogen) atoms. The van der Waals surface area contributed by atoms with Gasteiger partial charge >= 0.3 is 0 Å². The van der Waals surface area contributed by atoms with E-state index in [2.05, 4.69) is 43.2 Å². The molecule has 0 aliphatic rings. The molecule has 0 saturated heterocycles. The van der Waals surface area contributed by atoms with Crippen molar-refractivity contribution in [3.05, 3.63) is 12.2 Å². The van der Waals surface area contributed by atoms with E-state index in [1.807, 2.05) is 0 Å². The van der Waals surface area contributed by atoms with E-state index in [9.17, 15) is 0 Å². The molecule has 4 nitrogen and oxygen atoms in total. The molecule has 1 aromatic rings. The summed E-state index contributed by atoms with van der Waals surface area (Å²) in [5.41, 5.74) is 0. The minimum atomic E-state index is 0.599. The molecule has 1 aromatic heterocycles. The molecular weight excluding hydrogens is 214 g/mol. The Labute approximate surface area is 104 Å². The van der Waals surface area contributed by atoms with Crippen molar-refractivity contribution in [3.63, 3.8) is 0 Å². The monoisotopic (exact) mass is 239 g/mol. The van der Waals surface area contributed by atoms with Crippen LogP contribution in [-0.4, -0.2) is 22.7 Å². The molecule has 1 heterocycles. The number of nitrogens with zero attached hydrogens (tertiary/aromatic N) is 2. The van der Waals surface area contributed by atoms with Gasteiger partial charge in [-0.2, -0.15) is 4.98 Å². The fourth-order valence-electron chi connectivity index (χ4n) is 2.09. The molecule has 0 spiro atoms. The first kappa shape index (κ1) is 14.2. The average Bonchev–Trinajstić information content (AvgIpc) is 2.68. The van der Waals surface area contributed by atoms with Crippen LogP contribution in [0.2, 0.25) is 0 Å². The van der Waals surface area contributed by atoms with E-state index >= 15 is 0 Å². The summed E-state index contributed by atoms with van der Waals surface area (Å²) in [6.45, 7) is 10.0. The first-order valence-corrected chi connectivity index (χ1v) is 6.56. The van der Waals surface area contributed by atoms with E-state index in [1.54, 1.807) is 0 Å². The molecule has 0 aliphatic heterocycles. The van der Waals surface area contributed by atoms with Gasteiger partial charge in [-0.1, -0.05) is 32.9 Å². The summed E-state index contributed by atoms with van der Waals surface area (Å²) in [6, 6.07) is 0.599. The lowest BCUT2D eigenvalue weighted by Gasteiger charge is -2.22. The van der Waals surface area contributed by atoms with Crippen molar-refractivity contribution < 1.29 is 4.52 Å². The van der Waals surface area contributed by atoms with Gasteiger partial charge in [0, 0.05) is 19.0 Å². The van der Waals surface area contributed by atoms with Crippen LogP contribution in [0.5, 0.6) is 0 Å². The number of hydrogen-bond acceptors (Lipinski definition) is 4. The Morgan fingerprint density at radius 3 is 2.29 bits per heavy atom. The quantitative estimate of drug-likeness (QED) is 0.757. The Bertz CT molecular complexity index is 273. The molecule has 0 atom stereocenters. The molecule has 0 amide bonds. The summed E-state index contributed by atoms with van der Waals surface area (Å²) in [5.74, 6) is 2.25. The second-order valence-electron chi connectivity index (χ2n) is 5.51. The van der Waals surface area contributed by atoms with Crippen LogP contribution < -0.4 is 5.32 Å². The van der Waals surface area contributed by atoms with E-state index < -0.39 is 0 Å². The van der Waals surface area contributed by atoms with Crippen molar-refractivity contribution >= 4 is 0 Å². The molecule has 1 N–H and O–H groups in total. The van der Waals surface area contributed by atoms with Crippen molar-refractivity contribution in [2.75, 3.05) is 6.54 Å². The van der Waals surface area contributed by atoms with Gasteiger partial charge in [0.25, 0.3) is 0 Å². The normalized spacial score (nSPS) is 11.9. The van der Waals surface area contributed by atoms with Crippen molar-refractivity contribution in [1.29, 1.82) is 0 Å². The van der Waals surface area contributed by atoms with Gasteiger partial charge in [-0.3, -0.25) is 0 Å². The van der Waals surface area contributed by atoms with Crippen LogP contribution in [0, 0.1) is 11.8 Å². The molecular formula is C13H25N3O. The van der Waals surface area contributed by atoms with Crippen LogP contribution in [0.4, 0.5) is 0 Å². The highest BCUT2D eigenvalue weighted by Crippen LogP contribution is 2.13. The molecule has 0 aromatic carbocycles. The van der Waals surface area contributed by atoms with E-state index in [1.165, 1.54) is 19.2 Å². The van der Waals surface area contributed by atoms with E-state index in [-0.39, 0.29) is 0 Å². The van der Waals surface area contributed by atoms with Crippen LogP contribution >= 0.6 is 0 Å². The Morgan fingerprint density at radius 2 is 1.82 bits per heavy atom. The first-order chi connectivity index (χ1) is 8.08. The molecule has 0 bridgehead atoms. The van der Waals surface area contributed by atoms with Gasteiger partial charge in [0.2, 0.25) is 6.39 Å². The van der Waals surface area contributed by atoms with Crippen molar-refractivity contribution in [2.24, 2.45) is 11.8 Å². The van der Waals surface area contributed by atoms with Crippen LogP contribution in [0.3, 0.4) is 0 Å². The summed E-state index contributed by atoms with van der Waals surface area (Å²) in [4.78, 5) is 4.02. The summed E-state index contributed by atoms with van der Waals surface area (Å²) in [7, 11) is 0.